The minimum Gasteiger partial charge on any atom is -0.335 e. The summed E-state index contributed by atoms with van der Waals surface area (Å²) in [6.45, 7) is 5.36. The maximum atomic E-state index is 12.2. The zero-order valence-electron chi connectivity index (χ0n) is 12.9. The van der Waals surface area contributed by atoms with Gasteiger partial charge in [-0.2, -0.15) is 0 Å². The van der Waals surface area contributed by atoms with Crippen molar-refractivity contribution >= 4 is 17.4 Å². The summed E-state index contributed by atoms with van der Waals surface area (Å²) >= 11 is 1.67. The smallest absolute Gasteiger partial charge is 0.317 e. The SMILES string of the molecule is Cc1nccn1CC1CCN(C(=O)NCc2cccs2)CC1. The molecule has 3 heterocycles. The van der Waals surface area contributed by atoms with E-state index in [0.29, 0.717) is 12.5 Å². The third-order valence-corrected chi connectivity index (χ3v) is 5.15. The van der Waals surface area contributed by atoms with Crippen molar-refractivity contribution in [2.75, 3.05) is 13.1 Å². The number of hydrogen-bond acceptors (Lipinski definition) is 3. The van der Waals surface area contributed by atoms with Gasteiger partial charge in [0.15, 0.2) is 0 Å². The van der Waals surface area contributed by atoms with E-state index in [1.807, 2.05) is 41.7 Å². The van der Waals surface area contributed by atoms with Gasteiger partial charge in [-0.3, -0.25) is 0 Å². The van der Waals surface area contributed by atoms with E-state index in [1.54, 1.807) is 11.3 Å². The molecule has 118 valence electrons. The van der Waals surface area contributed by atoms with Gasteiger partial charge in [-0.25, -0.2) is 9.78 Å². The van der Waals surface area contributed by atoms with Gasteiger partial charge in [0, 0.05) is 36.9 Å². The fourth-order valence-electron chi connectivity index (χ4n) is 2.88. The summed E-state index contributed by atoms with van der Waals surface area (Å²) in [6, 6.07) is 4.12. The first kappa shape index (κ1) is 15.1. The molecule has 6 heteroatoms. The van der Waals surface area contributed by atoms with Gasteiger partial charge < -0.3 is 14.8 Å². The molecule has 1 aliphatic rings. The van der Waals surface area contributed by atoms with E-state index in [2.05, 4.69) is 14.9 Å². The van der Waals surface area contributed by atoms with Crippen LogP contribution in [0.25, 0.3) is 0 Å². The highest BCUT2D eigenvalue weighted by Gasteiger charge is 2.23. The largest absolute Gasteiger partial charge is 0.335 e. The van der Waals surface area contributed by atoms with Gasteiger partial charge in [0.2, 0.25) is 0 Å². The highest BCUT2D eigenvalue weighted by atomic mass is 32.1. The van der Waals surface area contributed by atoms with E-state index in [-0.39, 0.29) is 6.03 Å². The Morgan fingerprint density at radius 3 is 2.91 bits per heavy atom. The van der Waals surface area contributed by atoms with Crippen LogP contribution in [0, 0.1) is 12.8 Å². The predicted molar refractivity (Wildman–Crippen MR) is 87.8 cm³/mol. The molecule has 1 aliphatic heterocycles. The van der Waals surface area contributed by atoms with Crippen molar-refractivity contribution in [3.63, 3.8) is 0 Å². The molecule has 2 amide bonds. The Bertz CT molecular complexity index is 599. The Labute approximate surface area is 135 Å². The zero-order chi connectivity index (χ0) is 15.4. The molecule has 3 rings (SSSR count). The Hall–Kier alpha value is -1.82. The molecule has 0 aliphatic carbocycles. The molecule has 1 fully saturated rings. The standard InChI is InChI=1S/C16H22N4OS/c1-13-17-6-9-20(13)12-14-4-7-19(8-5-14)16(21)18-11-15-3-2-10-22-15/h2-3,6,9-10,14H,4-5,7-8,11-12H2,1H3,(H,18,21). The first-order valence-electron chi connectivity index (χ1n) is 7.75. The molecule has 0 unspecified atom stereocenters. The molecule has 0 bridgehead atoms. The number of thiophene rings is 1. The average molecular weight is 318 g/mol. The molecule has 0 saturated carbocycles. The molecule has 1 saturated heterocycles. The molecule has 0 aromatic carbocycles. The van der Waals surface area contributed by atoms with E-state index >= 15 is 0 Å². The molecule has 1 N–H and O–H groups in total. The third kappa shape index (κ3) is 3.68. The van der Waals surface area contributed by atoms with Crippen LogP contribution in [0.5, 0.6) is 0 Å². The molecule has 0 spiro atoms. The van der Waals surface area contributed by atoms with Crippen LogP contribution in [0.4, 0.5) is 4.79 Å². The number of carbonyl (C=O) groups excluding carboxylic acids is 1. The Morgan fingerprint density at radius 2 is 2.27 bits per heavy atom. The number of amides is 2. The summed E-state index contributed by atoms with van der Waals surface area (Å²) in [5.74, 6) is 1.70. The van der Waals surface area contributed by atoms with Crippen LogP contribution in [-0.2, 0) is 13.1 Å². The molecule has 22 heavy (non-hydrogen) atoms. The van der Waals surface area contributed by atoms with Crippen molar-refractivity contribution in [3.05, 3.63) is 40.6 Å². The number of aromatic nitrogens is 2. The number of rotatable bonds is 4. The Balaban J connectivity index is 1.43. The lowest BCUT2D eigenvalue weighted by Crippen LogP contribution is -2.44. The van der Waals surface area contributed by atoms with Crippen LogP contribution < -0.4 is 5.32 Å². The Kier molecular flexibility index (Phi) is 4.77. The summed E-state index contributed by atoms with van der Waals surface area (Å²) in [5.41, 5.74) is 0. The molecule has 5 nitrogen and oxygen atoms in total. The van der Waals surface area contributed by atoms with Crippen LogP contribution in [0.2, 0.25) is 0 Å². The van der Waals surface area contributed by atoms with Crippen molar-refractivity contribution < 1.29 is 4.79 Å². The van der Waals surface area contributed by atoms with Gasteiger partial charge in [-0.1, -0.05) is 6.07 Å². The van der Waals surface area contributed by atoms with Crippen LogP contribution in [0.1, 0.15) is 23.5 Å². The summed E-state index contributed by atoms with van der Waals surface area (Å²) < 4.78 is 2.21. The fourth-order valence-corrected chi connectivity index (χ4v) is 3.53. The maximum Gasteiger partial charge on any atom is 0.317 e. The molecule has 2 aromatic rings. The van der Waals surface area contributed by atoms with Gasteiger partial charge >= 0.3 is 6.03 Å². The van der Waals surface area contributed by atoms with Crippen LogP contribution in [0.15, 0.2) is 29.9 Å². The number of nitrogens with one attached hydrogen (secondary N) is 1. The molecule has 2 aromatic heterocycles. The minimum absolute atomic E-state index is 0.0608. The van der Waals surface area contributed by atoms with Crippen LogP contribution >= 0.6 is 11.3 Å². The summed E-state index contributed by atoms with van der Waals surface area (Å²) in [6.07, 6.45) is 6.01. The van der Waals surface area contributed by atoms with Crippen molar-refractivity contribution in [2.24, 2.45) is 5.92 Å². The van der Waals surface area contributed by atoms with E-state index in [0.717, 1.165) is 38.3 Å². The number of piperidine rings is 1. The first-order valence-corrected chi connectivity index (χ1v) is 8.63. The number of carbonyl (C=O) groups is 1. The van der Waals surface area contributed by atoms with Crippen LogP contribution in [-0.4, -0.2) is 33.6 Å². The van der Waals surface area contributed by atoms with Crippen molar-refractivity contribution in [2.45, 2.75) is 32.9 Å². The lowest BCUT2D eigenvalue weighted by Gasteiger charge is -2.32. The topological polar surface area (TPSA) is 50.2 Å². The zero-order valence-corrected chi connectivity index (χ0v) is 13.7. The predicted octanol–water partition coefficient (Wildman–Crippen LogP) is 2.87. The lowest BCUT2D eigenvalue weighted by molar-refractivity contribution is 0.165. The summed E-state index contributed by atoms with van der Waals surface area (Å²) in [5, 5.41) is 5.04. The highest BCUT2D eigenvalue weighted by molar-refractivity contribution is 7.09. The maximum absolute atomic E-state index is 12.2. The van der Waals surface area contributed by atoms with Crippen molar-refractivity contribution in [3.8, 4) is 0 Å². The van der Waals surface area contributed by atoms with Gasteiger partial charge in [0.25, 0.3) is 0 Å². The highest BCUT2D eigenvalue weighted by Crippen LogP contribution is 2.20. The van der Waals surface area contributed by atoms with E-state index < -0.39 is 0 Å². The second-order valence-electron chi connectivity index (χ2n) is 5.80. The quantitative estimate of drug-likeness (QED) is 0.942. The number of hydrogen-bond donors (Lipinski definition) is 1. The van der Waals surface area contributed by atoms with Gasteiger partial charge in [0.1, 0.15) is 5.82 Å². The van der Waals surface area contributed by atoms with Crippen LogP contribution in [0.3, 0.4) is 0 Å². The van der Waals surface area contributed by atoms with Gasteiger partial charge in [-0.05, 0) is 37.1 Å². The number of likely N-dealkylation sites (tertiary alicyclic amines) is 1. The Morgan fingerprint density at radius 1 is 1.45 bits per heavy atom. The molecule has 0 radical (unpaired) electrons. The fraction of sp³-hybridized carbons (Fsp3) is 0.500. The van der Waals surface area contributed by atoms with Crippen molar-refractivity contribution in [1.29, 1.82) is 0 Å². The monoisotopic (exact) mass is 318 g/mol. The van der Waals surface area contributed by atoms with Gasteiger partial charge in [-0.15, -0.1) is 11.3 Å². The van der Waals surface area contributed by atoms with E-state index in [1.165, 1.54) is 4.88 Å². The molecular weight excluding hydrogens is 296 g/mol. The number of nitrogens with zero attached hydrogens (tertiary/aromatic N) is 3. The number of imidazole rings is 1. The third-order valence-electron chi connectivity index (χ3n) is 4.27. The number of aryl methyl sites for hydroxylation is 1. The van der Waals surface area contributed by atoms with E-state index in [4.69, 9.17) is 0 Å². The first-order chi connectivity index (χ1) is 10.7. The molecular formula is C16H22N4OS. The second kappa shape index (κ2) is 6.96. The van der Waals surface area contributed by atoms with E-state index in [9.17, 15) is 4.79 Å². The lowest BCUT2D eigenvalue weighted by atomic mass is 9.97. The second-order valence-corrected chi connectivity index (χ2v) is 6.83. The summed E-state index contributed by atoms with van der Waals surface area (Å²) in [4.78, 5) is 19.6. The molecule has 0 atom stereocenters. The normalized spacial score (nSPS) is 16.0. The van der Waals surface area contributed by atoms with Crippen molar-refractivity contribution in [1.82, 2.24) is 19.8 Å². The minimum atomic E-state index is 0.0608. The average Bonchev–Trinajstić information content (AvgIpc) is 3.18. The number of urea groups is 1. The summed E-state index contributed by atoms with van der Waals surface area (Å²) in [7, 11) is 0. The van der Waals surface area contributed by atoms with Gasteiger partial charge in [0.05, 0.1) is 6.54 Å².